The first-order valence-electron chi connectivity index (χ1n) is 8.18. The lowest BCUT2D eigenvalue weighted by atomic mass is 10.1. The Morgan fingerprint density at radius 3 is 2.54 bits per heavy atom. The maximum Gasteiger partial charge on any atom is 0.270 e. The van der Waals surface area contributed by atoms with E-state index in [1.54, 1.807) is 18.2 Å². The summed E-state index contributed by atoms with van der Waals surface area (Å²) in [7, 11) is 0. The molecular formula is C18H18ClN3O4. The summed E-state index contributed by atoms with van der Waals surface area (Å²) < 4.78 is 5.34. The molecule has 2 aromatic carbocycles. The van der Waals surface area contributed by atoms with Crippen LogP contribution < -0.4 is 10.2 Å². The number of benzene rings is 2. The molecule has 0 spiro atoms. The molecule has 3 rings (SSSR count). The molecule has 1 heterocycles. The number of hydrogen-bond donors (Lipinski definition) is 1. The molecule has 26 heavy (non-hydrogen) atoms. The number of nitro benzene ring substituents is 1. The van der Waals surface area contributed by atoms with Crippen molar-refractivity contribution in [3.8, 4) is 0 Å². The van der Waals surface area contributed by atoms with Gasteiger partial charge in [0.25, 0.3) is 11.6 Å². The molecule has 1 aliphatic heterocycles. The molecule has 136 valence electrons. The van der Waals surface area contributed by atoms with Gasteiger partial charge in [-0.15, -0.1) is 0 Å². The number of rotatable bonds is 5. The number of nitrogens with one attached hydrogen (secondary N) is 1. The summed E-state index contributed by atoms with van der Waals surface area (Å²) in [6, 6.07) is 11.5. The second-order valence-corrected chi connectivity index (χ2v) is 6.30. The maximum atomic E-state index is 12.7. The Morgan fingerprint density at radius 1 is 1.19 bits per heavy atom. The third-order valence-corrected chi connectivity index (χ3v) is 4.41. The fourth-order valence-corrected chi connectivity index (χ4v) is 2.91. The molecule has 2 aromatic rings. The van der Waals surface area contributed by atoms with E-state index in [1.165, 1.54) is 12.1 Å². The molecule has 0 unspecified atom stereocenters. The van der Waals surface area contributed by atoms with Gasteiger partial charge in [0, 0.05) is 36.8 Å². The monoisotopic (exact) mass is 375 g/mol. The van der Waals surface area contributed by atoms with Gasteiger partial charge in [-0.05, 0) is 23.8 Å². The van der Waals surface area contributed by atoms with Crippen molar-refractivity contribution in [3.05, 3.63) is 68.7 Å². The van der Waals surface area contributed by atoms with E-state index < -0.39 is 4.92 Å². The van der Waals surface area contributed by atoms with Crippen LogP contribution in [0.25, 0.3) is 0 Å². The summed E-state index contributed by atoms with van der Waals surface area (Å²) >= 11 is 5.86. The Morgan fingerprint density at radius 2 is 1.88 bits per heavy atom. The first kappa shape index (κ1) is 18.2. The van der Waals surface area contributed by atoms with Gasteiger partial charge in [-0.3, -0.25) is 14.9 Å². The molecule has 1 amide bonds. The van der Waals surface area contributed by atoms with Crippen LogP contribution in [-0.2, 0) is 11.3 Å². The summed E-state index contributed by atoms with van der Waals surface area (Å²) in [6.07, 6.45) is 0. The van der Waals surface area contributed by atoms with Crippen molar-refractivity contribution in [1.29, 1.82) is 0 Å². The summed E-state index contributed by atoms with van der Waals surface area (Å²) in [4.78, 5) is 25.3. The van der Waals surface area contributed by atoms with E-state index in [1.807, 2.05) is 17.0 Å². The quantitative estimate of drug-likeness (QED) is 0.641. The zero-order valence-electron chi connectivity index (χ0n) is 14.0. The number of carbonyl (C=O) groups excluding carboxylic acids is 1. The smallest absolute Gasteiger partial charge is 0.270 e. The van der Waals surface area contributed by atoms with Gasteiger partial charge in [-0.25, -0.2) is 0 Å². The average Bonchev–Trinajstić information content (AvgIpc) is 2.67. The Kier molecular flexibility index (Phi) is 5.70. The zero-order chi connectivity index (χ0) is 18.5. The SMILES string of the molecule is O=C(NCc1ccc(Cl)cc1)c1cc([N+](=O)[O-])ccc1N1CCOCC1. The van der Waals surface area contributed by atoms with Crippen LogP contribution in [0.1, 0.15) is 15.9 Å². The summed E-state index contributed by atoms with van der Waals surface area (Å²) in [5, 5.41) is 14.5. The van der Waals surface area contributed by atoms with Crippen molar-refractivity contribution >= 4 is 28.9 Å². The van der Waals surface area contributed by atoms with Crippen molar-refractivity contribution in [2.45, 2.75) is 6.54 Å². The molecule has 0 atom stereocenters. The molecule has 1 aliphatic rings. The van der Waals surface area contributed by atoms with E-state index in [4.69, 9.17) is 16.3 Å². The summed E-state index contributed by atoms with van der Waals surface area (Å²) in [6.45, 7) is 2.69. The Hall–Kier alpha value is -2.64. The fraction of sp³-hybridized carbons (Fsp3) is 0.278. The topological polar surface area (TPSA) is 84.7 Å². The fourth-order valence-electron chi connectivity index (χ4n) is 2.78. The zero-order valence-corrected chi connectivity index (χ0v) is 14.7. The standard InChI is InChI=1S/C18H18ClN3O4/c19-14-3-1-13(2-4-14)12-20-18(23)16-11-15(22(24)25)5-6-17(16)21-7-9-26-10-8-21/h1-6,11H,7-10,12H2,(H,20,23). The van der Waals surface area contributed by atoms with Crippen molar-refractivity contribution < 1.29 is 14.5 Å². The number of carbonyl (C=O) groups is 1. The minimum atomic E-state index is -0.501. The number of hydrogen-bond acceptors (Lipinski definition) is 5. The second-order valence-electron chi connectivity index (χ2n) is 5.87. The number of morpholine rings is 1. The van der Waals surface area contributed by atoms with Gasteiger partial charge >= 0.3 is 0 Å². The van der Waals surface area contributed by atoms with Crippen LogP contribution in [0.4, 0.5) is 11.4 Å². The number of non-ortho nitro benzene ring substituents is 1. The lowest BCUT2D eigenvalue weighted by molar-refractivity contribution is -0.384. The summed E-state index contributed by atoms with van der Waals surface area (Å²) in [5.74, 6) is -0.356. The van der Waals surface area contributed by atoms with Gasteiger partial charge in [0.2, 0.25) is 0 Å². The van der Waals surface area contributed by atoms with Gasteiger partial charge in [0.05, 0.1) is 29.4 Å². The van der Waals surface area contributed by atoms with Crippen LogP contribution in [0.5, 0.6) is 0 Å². The van der Waals surface area contributed by atoms with Crippen LogP contribution in [0.15, 0.2) is 42.5 Å². The number of ether oxygens (including phenoxy) is 1. The van der Waals surface area contributed by atoms with E-state index in [2.05, 4.69) is 5.32 Å². The van der Waals surface area contributed by atoms with Gasteiger partial charge in [0.1, 0.15) is 0 Å². The van der Waals surface area contributed by atoms with Gasteiger partial charge in [-0.2, -0.15) is 0 Å². The van der Waals surface area contributed by atoms with Crippen LogP contribution >= 0.6 is 11.6 Å². The average molecular weight is 376 g/mol. The molecule has 1 N–H and O–H groups in total. The van der Waals surface area contributed by atoms with E-state index in [9.17, 15) is 14.9 Å². The van der Waals surface area contributed by atoms with Crippen molar-refractivity contribution in [3.63, 3.8) is 0 Å². The minimum absolute atomic E-state index is 0.112. The predicted octanol–water partition coefficient (Wildman–Crippen LogP) is 3.01. The highest BCUT2D eigenvalue weighted by molar-refractivity contribution is 6.30. The number of anilines is 1. The highest BCUT2D eigenvalue weighted by Gasteiger charge is 2.22. The molecule has 1 saturated heterocycles. The largest absolute Gasteiger partial charge is 0.378 e. The number of halogens is 1. The lowest BCUT2D eigenvalue weighted by Gasteiger charge is -2.30. The third kappa shape index (κ3) is 4.30. The van der Waals surface area contributed by atoms with Crippen LogP contribution in [0.2, 0.25) is 5.02 Å². The molecule has 0 saturated carbocycles. The van der Waals surface area contributed by atoms with Crippen LogP contribution in [0, 0.1) is 10.1 Å². The number of nitro groups is 1. The van der Waals surface area contributed by atoms with E-state index in [0.717, 1.165) is 5.56 Å². The second kappa shape index (κ2) is 8.16. The lowest BCUT2D eigenvalue weighted by Crippen LogP contribution is -2.38. The normalized spacial score (nSPS) is 14.1. The first-order chi connectivity index (χ1) is 12.5. The molecule has 0 radical (unpaired) electrons. The summed E-state index contributed by atoms with van der Waals surface area (Å²) in [5.41, 5.74) is 1.74. The molecule has 1 fully saturated rings. The minimum Gasteiger partial charge on any atom is -0.378 e. The highest BCUT2D eigenvalue weighted by atomic mass is 35.5. The molecule has 0 bridgehead atoms. The Bertz CT molecular complexity index is 805. The van der Waals surface area contributed by atoms with Crippen molar-refractivity contribution in [1.82, 2.24) is 5.32 Å². The Labute approximate surface area is 155 Å². The number of nitrogens with zero attached hydrogens (tertiary/aromatic N) is 2. The number of amides is 1. The molecule has 0 aromatic heterocycles. The molecule has 8 heteroatoms. The van der Waals surface area contributed by atoms with E-state index >= 15 is 0 Å². The Balaban J connectivity index is 1.82. The van der Waals surface area contributed by atoms with Gasteiger partial charge in [-0.1, -0.05) is 23.7 Å². The van der Waals surface area contributed by atoms with E-state index in [-0.39, 0.29) is 17.2 Å². The first-order valence-corrected chi connectivity index (χ1v) is 8.56. The molecule has 7 nitrogen and oxygen atoms in total. The molecule has 0 aliphatic carbocycles. The van der Waals surface area contributed by atoms with Gasteiger partial charge < -0.3 is 15.0 Å². The van der Waals surface area contributed by atoms with Crippen molar-refractivity contribution in [2.24, 2.45) is 0 Å². The predicted molar refractivity (Wildman–Crippen MR) is 98.8 cm³/mol. The van der Waals surface area contributed by atoms with Crippen LogP contribution in [-0.4, -0.2) is 37.1 Å². The maximum absolute atomic E-state index is 12.7. The van der Waals surface area contributed by atoms with Gasteiger partial charge in [0.15, 0.2) is 0 Å². The van der Waals surface area contributed by atoms with E-state index in [0.29, 0.717) is 43.6 Å². The van der Waals surface area contributed by atoms with Crippen molar-refractivity contribution in [2.75, 3.05) is 31.2 Å². The van der Waals surface area contributed by atoms with Crippen LogP contribution in [0.3, 0.4) is 0 Å². The third-order valence-electron chi connectivity index (χ3n) is 4.15. The highest BCUT2D eigenvalue weighted by Crippen LogP contribution is 2.26. The molecular weight excluding hydrogens is 358 g/mol.